The molecule has 4 rings (SSSR count). The van der Waals surface area contributed by atoms with E-state index in [0.29, 0.717) is 6.42 Å². The fourth-order valence-electron chi connectivity index (χ4n) is 3.78. The van der Waals surface area contributed by atoms with Crippen LogP contribution in [-0.4, -0.2) is 30.5 Å². The highest BCUT2D eigenvalue weighted by Gasteiger charge is 2.10. The monoisotopic (exact) mass is 507 g/mol. The summed E-state index contributed by atoms with van der Waals surface area (Å²) in [6.07, 6.45) is 3.69. The summed E-state index contributed by atoms with van der Waals surface area (Å²) in [5.74, 6) is 0.742. The van der Waals surface area contributed by atoms with Crippen LogP contribution in [0.2, 0.25) is 0 Å². The van der Waals surface area contributed by atoms with E-state index in [2.05, 4.69) is 21.8 Å². The van der Waals surface area contributed by atoms with Crippen LogP contribution < -0.4 is 4.72 Å². The van der Waals surface area contributed by atoms with Crippen LogP contribution in [0.25, 0.3) is 10.6 Å². The van der Waals surface area contributed by atoms with E-state index in [-0.39, 0.29) is 5.75 Å². The molecule has 0 aliphatic carbocycles. The van der Waals surface area contributed by atoms with Crippen molar-refractivity contribution in [3.8, 4) is 10.6 Å². The first-order chi connectivity index (χ1) is 16.8. The number of thiophene rings is 1. The SMILES string of the molecule is CNS(=O)(=O)Cc1ccc(CCc2ccc(-c3ccnc(Cc4cccc(C(C)O)c4)n3)s2)cc1. The minimum absolute atomic E-state index is 0.00895. The molecule has 0 saturated carbocycles. The maximum atomic E-state index is 11.7. The van der Waals surface area contributed by atoms with Crippen molar-refractivity contribution in [3.05, 3.63) is 106 Å². The molecule has 0 radical (unpaired) electrons. The van der Waals surface area contributed by atoms with Crippen LogP contribution in [0.15, 0.2) is 72.9 Å². The zero-order chi connectivity index (χ0) is 24.8. The summed E-state index contributed by atoms with van der Waals surface area (Å²) in [6.45, 7) is 1.76. The largest absolute Gasteiger partial charge is 0.389 e. The number of nitrogens with zero attached hydrogens (tertiary/aromatic N) is 2. The van der Waals surface area contributed by atoms with Gasteiger partial charge in [-0.1, -0.05) is 48.5 Å². The van der Waals surface area contributed by atoms with E-state index >= 15 is 0 Å². The van der Waals surface area contributed by atoms with Crippen molar-refractivity contribution in [1.82, 2.24) is 14.7 Å². The lowest BCUT2D eigenvalue weighted by Gasteiger charge is -2.07. The van der Waals surface area contributed by atoms with Gasteiger partial charge in [0, 0.05) is 17.5 Å². The Balaban J connectivity index is 1.38. The van der Waals surface area contributed by atoms with Gasteiger partial charge in [-0.05, 0) is 67.3 Å². The standard InChI is InChI=1S/C27H29N3O3S2/c1-19(31)23-5-3-4-22(16-23)17-27-29-15-14-25(30-27)26-13-12-24(34-26)11-10-20-6-8-21(9-7-20)18-35(32,33)28-2/h3-9,12-16,19,28,31H,10-11,17-18H2,1-2H3. The molecule has 182 valence electrons. The molecule has 1 unspecified atom stereocenters. The first-order valence-corrected chi connectivity index (χ1v) is 13.9. The van der Waals surface area contributed by atoms with E-state index in [4.69, 9.17) is 4.98 Å². The summed E-state index contributed by atoms with van der Waals surface area (Å²) in [5, 5.41) is 9.83. The molecule has 0 spiro atoms. The van der Waals surface area contributed by atoms with Crippen LogP contribution >= 0.6 is 11.3 Å². The van der Waals surface area contributed by atoms with Gasteiger partial charge >= 0.3 is 0 Å². The normalized spacial score (nSPS) is 12.5. The minimum Gasteiger partial charge on any atom is -0.389 e. The topological polar surface area (TPSA) is 92.2 Å². The Hall–Kier alpha value is -2.91. The van der Waals surface area contributed by atoms with Crippen molar-refractivity contribution in [2.24, 2.45) is 0 Å². The number of benzene rings is 2. The van der Waals surface area contributed by atoms with Gasteiger partial charge in [-0.15, -0.1) is 11.3 Å². The fraction of sp³-hybridized carbons (Fsp3) is 0.259. The smallest absolute Gasteiger partial charge is 0.215 e. The second kappa shape index (κ2) is 11.2. The van der Waals surface area contributed by atoms with E-state index in [1.54, 1.807) is 24.5 Å². The van der Waals surface area contributed by atoms with Gasteiger partial charge in [-0.25, -0.2) is 23.1 Å². The van der Waals surface area contributed by atoms with Gasteiger partial charge in [0.15, 0.2) is 0 Å². The van der Waals surface area contributed by atoms with Crippen LogP contribution in [0.4, 0.5) is 0 Å². The highest BCUT2D eigenvalue weighted by Crippen LogP contribution is 2.28. The van der Waals surface area contributed by atoms with Gasteiger partial charge < -0.3 is 5.11 Å². The lowest BCUT2D eigenvalue weighted by Crippen LogP contribution is -2.20. The maximum absolute atomic E-state index is 11.7. The second-order valence-electron chi connectivity index (χ2n) is 8.50. The van der Waals surface area contributed by atoms with Gasteiger partial charge in [0.05, 0.1) is 22.4 Å². The van der Waals surface area contributed by atoms with Crippen LogP contribution in [0.5, 0.6) is 0 Å². The average molecular weight is 508 g/mol. The summed E-state index contributed by atoms with van der Waals surface area (Å²) < 4.78 is 25.8. The Morgan fingerprint density at radius 1 is 0.971 bits per heavy atom. The molecular weight excluding hydrogens is 478 g/mol. The number of sulfonamides is 1. The van der Waals surface area contributed by atoms with Crippen LogP contribution in [0.3, 0.4) is 0 Å². The molecule has 0 aliphatic rings. The van der Waals surface area contributed by atoms with E-state index in [1.165, 1.54) is 17.5 Å². The highest BCUT2D eigenvalue weighted by atomic mass is 32.2. The molecular formula is C27H29N3O3S2. The van der Waals surface area contributed by atoms with Gasteiger partial charge in [-0.2, -0.15) is 0 Å². The third-order valence-electron chi connectivity index (χ3n) is 5.77. The molecule has 1 atom stereocenters. The number of aromatic nitrogens is 2. The third-order valence-corrected chi connectivity index (χ3v) is 8.27. The molecule has 2 heterocycles. The molecule has 0 aliphatic heterocycles. The second-order valence-corrected chi connectivity index (χ2v) is 11.6. The van der Waals surface area contributed by atoms with Crippen molar-refractivity contribution in [2.75, 3.05) is 7.05 Å². The predicted molar refractivity (Wildman–Crippen MR) is 141 cm³/mol. The lowest BCUT2D eigenvalue weighted by molar-refractivity contribution is 0.199. The number of rotatable bonds is 10. The quantitative estimate of drug-likeness (QED) is 0.325. The molecule has 0 amide bonds. The van der Waals surface area contributed by atoms with Crippen molar-refractivity contribution >= 4 is 21.4 Å². The number of nitrogens with one attached hydrogen (secondary N) is 1. The van der Waals surface area contributed by atoms with E-state index < -0.39 is 16.1 Å². The zero-order valence-electron chi connectivity index (χ0n) is 19.8. The van der Waals surface area contributed by atoms with E-state index in [1.807, 2.05) is 54.6 Å². The Labute approximate surface area is 210 Å². The molecule has 2 aromatic heterocycles. The first-order valence-electron chi connectivity index (χ1n) is 11.5. The molecule has 2 aromatic carbocycles. The number of aliphatic hydroxyl groups excluding tert-OH is 1. The zero-order valence-corrected chi connectivity index (χ0v) is 21.4. The molecule has 4 aromatic rings. The van der Waals surface area contributed by atoms with Crippen molar-refractivity contribution < 1.29 is 13.5 Å². The summed E-state index contributed by atoms with van der Waals surface area (Å²) in [7, 11) is -1.83. The van der Waals surface area contributed by atoms with Crippen LogP contribution in [0.1, 0.15) is 46.0 Å². The Bertz CT molecular complexity index is 1380. The average Bonchev–Trinajstić information content (AvgIpc) is 3.33. The van der Waals surface area contributed by atoms with Gasteiger partial charge in [0.2, 0.25) is 10.0 Å². The molecule has 2 N–H and O–H groups in total. The summed E-state index contributed by atoms with van der Waals surface area (Å²) in [6, 6.07) is 21.8. The number of aryl methyl sites for hydroxylation is 2. The van der Waals surface area contributed by atoms with E-state index in [9.17, 15) is 13.5 Å². The summed E-state index contributed by atoms with van der Waals surface area (Å²) >= 11 is 1.73. The Kier molecular flexibility index (Phi) is 8.07. The predicted octanol–water partition coefficient (Wildman–Crippen LogP) is 4.68. The Morgan fingerprint density at radius 2 is 1.74 bits per heavy atom. The fourth-order valence-corrected chi connectivity index (χ4v) is 5.53. The lowest BCUT2D eigenvalue weighted by atomic mass is 10.0. The van der Waals surface area contributed by atoms with Gasteiger partial charge in [-0.3, -0.25) is 0 Å². The number of hydrogen-bond donors (Lipinski definition) is 2. The molecule has 6 nitrogen and oxygen atoms in total. The molecule has 0 bridgehead atoms. The molecule has 8 heteroatoms. The van der Waals surface area contributed by atoms with Gasteiger partial charge in [0.25, 0.3) is 0 Å². The first kappa shape index (κ1) is 25.2. The highest BCUT2D eigenvalue weighted by molar-refractivity contribution is 7.88. The van der Waals surface area contributed by atoms with Crippen LogP contribution in [0, 0.1) is 0 Å². The summed E-state index contributed by atoms with van der Waals surface area (Å²) in [5.41, 5.74) is 4.82. The van der Waals surface area contributed by atoms with E-state index in [0.717, 1.165) is 45.9 Å². The number of aliphatic hydroxyl groups is 1. The van der Waals surface area contributed by atoms with Crippen molar-refractivity contribution in [1.29, 1.82) is 0 Å². The maximum Gasteiger partial charge on any atom is 0.215 e. The molecule has 0 fully saturated rings. The van der Waals surface area contributed by atoms with Gasteiger partial charge in [0.1, 0.15) is 5.82 Å². The molecule has 35 heavy (non-hydrogen) atoms. The minimum atomic E-state index is -3.26. The number of hydrogen-bond acceptors (Lipinski definition) is 6. The van der Waals surface area contributed by atoms with Crippen LogP contribution in [-0.2, 0) is 35.0 Å². The summed E-state index contributed by atoms with van der Waals surface area (Å²) in [4.78, 5) is 11.6. The Morgan fingerprint density at radius 3 is 2.49 bits per heavy atom. The third kappa shape index (κ3) is 7.05. The van der Waals surface area contributed by atoms with Crippen molar-refractivity contribution in [2.45, 2.75) is 38.0 Å². The van der Waals surface area contributed by atoms with Crippen molar-refractivity contribution in [3.63, 3.8) is 0 Å². The molecule has 0 saturated heterocycles.